The van der Waals surface area contributed by atoms with Gasteiger partial charge in [0, 0.05) is 12.5 Å². The number of carbonyl (C=O) groups excluding carboxylic acids is 1. The van der Waals surface area contributed by atoms with Crippen LogP contribution in [0.25, 0.3) is 0 Å². The molecule has 0 bridgehead atoms. The molecule has 4 nitrogen and oxygen atoms in total. The minimum Gasteiger partial charge on any atom is -0.492 e. The Morgan fingerprint density at radius 3 is 2.52 bits per heavy atom. The van der Waals surface area contributed by atoms with E-state index >= 15 is 0 Å². The van der Waals surface area contributed by atoms with Crippen LogP contribution in [0.1, 0.15) is 28.8 Å². The highest BCUT2D eigenvalue weighted by molar-refractivity contribution is 6.01. The van der Waals surface area contributed by atoms with Gasteiger partial charge in [0.05, 0.1) is 12.7 Å². The van der Waals surface area contributed by atoms with Crippen molar-refractivity contribution >= 4 is 5.78 Å². The van der Waals surface area contributed by atoms with Gasteiger partial charge in [-0.2, -0.15) is 0 Å². The third-order valence-corrected chi connectivity index (χ3v) is 5.37. The van der Waals surface area contributed by atoms with Crippen LogP contribution in [0, 0.1) is 11.7 Å². The molecule has 0 amide bonds. The molecule has 6 heteroatoms. The molecule has 1 fully saturated rings. The summed E-state index contributed by atoms with van der Waals surface area (Å²) in [4.78, 5) is 15.4. The van der Waals surface area contributed by atoms with Crippen molar-refractivity contribution < 1.29 is 23.0 Å². The second-order valence-corrected chi connectivity index (χ2v) is 7.23. The molecule has 1 heterocycles. The summed E-state index contributed by atoms with van der Waals surface area (Å²) in [6.45, 7) is 1.91. The van der Waals surface area contributed by atoms with Crippen LogP contribution in [-0.2, 0) is 6.42 Å². The van der Waals surface area contributed by atoms with E-state index in [2.05, 4.69) is 4.90 Å². The number of halogens is 2. The van der Waals surface area contributed by atoms with E-state index in [1.165, 1.54) is 19.2 Å². The number of rotatable bonds is 9. The molecule has 29 heavy (non-hydrogen) atoms. The predicted octanol–water partition coefficient (Wildman–Crippen LogP) is 4.32. The minimum atomic E-state index is -0.599. The van der Waals surface area contributed by atoms with Crippen molar-refractivity contribution in [3.05, 3.63) is 59.4 Å². The lowest BCUT2D eigenvalue weighted by molar-refractivity contribution is 0.0837. The van der Waals surface area contributed by atoms with E-state index in [1.807, 2.05) is 12.1 Å². The molecule has 0 radical (unpaired) electrons. The van der Waals surface area contributed by atoms with E-state index in [1.54, 1.807) is 18.2 Å². The second kappa shape index (κ2) is 10.3. The van der Waals surface area contributed by atoms with Gasteiger partial charge in [-0.25, -0.2) is 8.78 Å². The van der Waals surface area contributed by atoms with Crippen LogP contribution >= 0.6 is 0 Å². The predicted molar refractivity (Wildman–Crippen MR) is 108 cm³/mol. The Balaban J connectivity index is 1.56. The molecule has 1 aliphatic heterocycles. The van der Waals surface area contributed by atoms with Gasteiger partial charge in [-0.1, -0.05) is 18.2 Å². The van der Waals surface area contributed by atoms with E-state index in [-0.39, 0.29) is 24.1 Å². The Bertz CT molecular complexity index is 802. The maximum Gasteiger partial charge on any atom is 0.171 e. The molecule has 0 aromatic heterocycles. The van der Waals surface area contributed by atoms with Gasteiger partial charge < -0.3 is 14.4 Å². The zero-order valence-corrected chi connectivity index (χ0v) is 16.7. The zero-order valence-electron chi connectivity index (χ0n) is 16.7. The van der Waals surface area contributed by atoms with Gasteiger partial charge in [0.1, 0.15) is 19.1 Å². The number of para-hydroxylation sites is 1. The van der Waals surface area contributed by atoms with E-state index in [0.717, 1.165) is 44.5 Å². The normalized spacial score (nSPS) is 15.3. The molecule has 0 saturated carbocycles. The molecular weight excluding hydrogens is 375 g/mol. The van der Waals surface area contributed by atoms with Gasteiger partial charge in [0.2, 0.25) is 0 Å². The van der Waals surface area contributed by atoms with Crippen LogP contribution in [-0.4, -0.2) is 50.7 Å². The van der Waals surface area contributed by atoms with E-state index in [4.69, 9.17) is 9.47 Å². The maximum atomic E-state index is 13.1. The number of piperidine rings is 1. The van der Waals surface area contributed by atoms with Gasteiger partial charge in [0.25, 0.3) is 0 Å². The summed E-state index contributed by atoms with van der Waals surface area (Å²) < 4.78 is 36.2. The zero-order chi connectivity index (χ0) is 20.6. The standard InChI is InChI=1S/C23H27F2NO3/c1-28-23-20(3-2-4-21(23)29-16-12-24)22(27)18-10-14-26(15-11-18)13-9-17-5-7-19(25)8-6-17/h2-8,18H,9-16H2,1H3/i24-1. The number of benzene rings is 2. The van der Waals surface area contributed by atoms with Gasteiger partial charge in [-0.15, -0.1) is 0 Å². The number of alkyl halides is 1. The smallest absolute Gasteiger partial charge is 0.171 e. The summed E-state index contributed by atoms with van der Waals surface area (Å²) in [6, 6.07) is 11.8. The SMILES string of the molecule is COc1c(OCC[18F])cccc1C(=O)C1CCN(CCc2ccc(F)cc2)CC1. The largest absolute Gasteiger partial charge is 0.492 e. The number of likely N-dealkylation sites (tertiary alicyclic amines) is 1. The average Bonchev–Trinajstić information content (AvgIpc) is 2.76. The van der Waals surface area contributed by atoms with E-state index in [9.17, 15) is 13.6 Å². The number of Topliss-reactive ketones (excluding diaryl/α,β-unsaturated/α-hetero) is 1. The second-order valence-electron chi connectivity index (χ2n) is 7.23. The lowest BCUT2D eigenvalue weighted by atomic mass is 9.88. The third kappa shape index (κ3) is 5.54. The number of ketones is 1. The molecule has 2 aromatic carbocycles. The van der Waals surface area contributed by atoms with Crippen LogP contribution in [0.5, 0.6) is 11.5 Å². The Kier molecular flexibility index (Phi) is 7.58. The number of nitrogens with zero attached hydrogens (tertiary/aromatic N) is 1. The first-order chi connectivity index (χ1) is 14.1. The van der Waals surface area contributed by atoms with Crippen molar-refractivity contribution in [2.75, 3.05) is 40.0 Å². The van der Waals surface area contributed by atoms with E-state index in [0.29, 0.717) is 17.1 Å². The maximum absolute atomic E-state index is 13.1. The highest BCUT2D eigenvalue weighted by Gasteiger charge is 2.28. The number of ether oxygens (including phenoxy) is 2. The number of methoxy groups -OCH3 is 1. The van der Waals surface area contributed by atoms with Gasteiger partial charge in [-0.3, -0.25) is 4.79 Å². The molecule has 2 aromatic rings. The molecule has 3 rings (SSSR count). The topological polar surface area (TPSA) is 38.8 Å². The first-order valence-corrected chi connectivity index (χ1v) is 9.99. The number of carbonyl (C=O) groups is 1. The number of hydrogen-bond acceptors (Lipinski definition) is 4. The lowest BCUT2D eigenvalue weighted by Gasteiger charge is -2.31. The molecule has 0 unspecified atom stereocenters. The molecule has 0 aliphatic carbocycles. The Morgan fingerprint density at radius 2 is 1.86 bits per heavy atom. The first-order valence-electron chi connectivity index (χ1n) is 9.99. The van der Waals surface area contributed by atoms with Crippen molar-refractivity contribution in [2.24, 2.45) is 5.92 Å². The fourth-order valence-corrected chi connectivity index (χ4v) is 3.76. The van der Waals surface area contributed by atoms with Gasteiger partial charge in [0.15, 0.2) is 17.3 Å². The monoisotopic (exact) mass is 402 g/mol. The van der Waals surface area contributed by atoms with Crippen LogP contribution in [0.4, 0.5) is 8.78 Å². The molecule has 0 atom stereocenters. The quantitative estimate of drug-likeness (QED) is 0.586. The van der Waals surface area contributed by atoms with Crippen molar-refractivity contribution in [1.82, 2.24) is 4.90 Å². The molecule has 1 saturated heterocycles. The fraction of sp³-hybridized carbons (Fsp3) is 0.435. The van der Waals surface area contributed by atoms with Crippen LogP contribution in [0.2, 0.25) is 0 Å². The Morgan fingerprint density at radius 1 is 1.14 bits per heavy atom. The summed E-state index contributed by atoms with van der Waals surface area (Å²) >= 11 is 0. The first kappa shape index (κ1) is 21.2. The average molecular weight is 402 g/mol. The Hall–Kier alpha value is -2.47. The van der Waals surface area contributed by atoms with E-state index < -0.39 is 6.67 Å². The molecular formula is C23H27F2NO3. The Labute approximate surface area is 170 Å². The van der Waals surface area contributed by atoms with Gasteiger partial charge in [-0.05, 0) is 62.2 Å². The summed E-state index contributed by atoms with van der Waals surface area (Å²) in [5.41, 5.74) is 1.60. The molecule has 156 valence electrons. The van der Waals surface area contributed by atoms with Crippen LogP contribution in [0.3, 0.4) is 0 Å². The highest BCUT2D eigenvalue weighted by atomic mass is 19.1. The van der Waals surface area contributed by atoms with Crippen LogP contribution < -0.4 is 9.47 Å². The van der Waals surface area contributed by atoms with Crippen molar-refractivity contribution in [3.8, 4) is 11.5 Å². The van der Waals surface area contributed by atoms with Crippen molar-refractivity contribution in [1.29, 1.82) is 0 Å². The summed E-state index contributed by atoms with van der Waals surface area (Å²) in [5.74, 6) is 0.535. The molecule has 0 N–H and O–H groups in total. The highest BCUT2D eigenvalue weighted by Crippen LogP contribution is 2.34. The minimum absolute atomic E-state index is 0.0470. The molecule has 1 aliphatic rings. The fourth-order valence-electron chi connectivity index (χ4n) is 3.76. The van der Waals surface area contributed by atoms with Crippen molar-refractivity contribution in [3.63, 3.8) is 0 Å². The summed E-state index contributed by atoms with van der Waals surface area (Å²) in [5, 5.41) is 0. The lowest BCUT2D eigenvalue weighted by Crippen LogP contribution is -2.37. The summed E-state index contributed by atoms with van der Waals surface area (Å²) in [7, 11) is 1.49. The molecule has 0 spiro atoms. The summed E-state index contributed by atoms with van der Waals surface area (Å²) in [6.07, 6.45) is 2.42. The van der Waals surface area contributed by atoms with Crippen LogP contribution in [0.15, 0.2) is 42.5 Å². The van der Waals surface area contributed by atoms with Crippen molar-refractivity contribution in [2.45, 2.75) is 19.3 Å². The third-order valence-electron chi connectivity index (χ3n) is 5.37. The number of hydrogen-bond donors (Lipinski definition) is 0. The van der Waals surface area contributed by atoms with Gasteiger partial charge >= 0.3 is 0 Å².